The number of carbonyl (C=O) groups excluding carboxylic acids is 2. The highest BCUT2D eigenvalue weighted by Gasteiger charge is 2.00. The van der Waals surface area contributed by atoms with Crippen LogP contribution in [0.15, 0.2) is 0 Å². The van der Waals surface area contributed by atoms with Crippen molar-refractivity contribution in [3.8, 4) is 0 Å². The molecule has 0 heterocycles. The summed E-state index contributed by atoms with van der Waals surface area (Å²) in [6, 6.07) is 0. The monoisotopic (exact) mass is 296 g/mol. The van der Waals surface area contributed by atoms with Crippen molar-refractivity contribution < 1.29 is 9.59 Å². The van der Waals surface area contributed by atoms with E-state index in [-0.39, 0.29) is 0 Å². The van der Waals surface area contributed by atoms with Gasteiger partial charge in [0.2, 0.25) is 0 Å². The Morgan fingerprint density at radius 1 is 0.571 bits per heavy atom. The lowest BCUT2D eigenvalue weighted by atomic mass is 10.0. The molecule has 0 fully saturated rings. The van der Waals surface area contributed by atoms with Crippen LogP contribution in [0.25, 0.3) is 0 Å². The molecule has 0 bridgehead atoms. The van der Waals surface area contributed by atoms with Crippen LogP contribution in [-0.4, -0.2) is 11.6 Å². The molecule has 0 aromatic rings. The van der Waals surface area contributed by atoms with Gasteiger partial charge in [-0.2, -0.15) is 0 Å². The van der Waals surface area contributed by atoms with E-state index in [1.54, 1.807) is 6.92 Å². The molecule has 0 spiro atoms. The maximum absolute atomic E-state index is 11.5. The SMILES string of the molecule is CCCCC(=O)CCCCCCCCCCCCC(C)=O. The summed E-state index contributed by atoms with van der Waals surface area (Å²) in [5.41, 5.74) is 0. The van der Waals surface area contributed by atoms with Gasteiger partial charge in [0, 0.05) is 19.3 Å². The Balaban J connectivity index is 3.09. The number of hydrogen-bond acceptors (Lipinski definition) is 2. The van der Waals surface area contributed by atoms with E-state index in [2.05, 4.69) is 6.92 Å². The maximum Gasteiger partial charge on any atom is 0.132 e. The lowest BCUT2D eigenvalue weighted by Crippen LogP contribution is -1.96. The number of carbonyl (C=O) groups is 2. The molecule has 124 valence electrons. The van der Waals surface area contributed by atoms with E-state index in [9.17, 15) is 9.59 Å². The predicted octanol–water partition coefficient (Wildman–Crippen LogP) is 6.02. The first-order chi connectivity index (χ1) is 10.2. The fourth-order valence-electron chi connectivity index (χ4n) is 2.61. The molecule has 0 aliphatic carbocycles. The fraction of sp³-hybridized carbons (Fsp3) is 0.895. The molecule has 0 radical (unpaired) electrons. The second-order valence-electron chi connectivity index (χ2n) is 6.38. The molecule has 2 nitrogen and oxygen atoms in total. The Kier molecular flexibility index (Phi) is 15.2. The predicted molar refractivity (Wildman–Crippen MR) is 90.6 cm³/mol. The van der Waals surface area contributed by atoms with Gasteiger partial charge in [-0.05, 0) is 26.2 Å². The smallest absolute Gasteiger partial charge is 0.132 e. The second kappa shape index (κ2) is 15.7. The highest BCUT2D eigenvalue weighted by molar-refractivity contribution is 5.78. The van der Waals surface area contributed by atoms with Gasteiger partial charge in [-0.1, -0.05) is 64.7 Å². The lowest BCUT2D eigenvalue weighted by Gasteiger charge is -2.03. The van der Waals surface area contributed by atoms with Crippen molar-refractivity contribution in [1.82, 2.24) is 0 Å². The van der Waals surface area contributed by atoms with E-state index in [0.29, 0.717) is 11.6 Å². The molecular formula is C19H36O2. The maximum atomic E-state index is 11.5. The van der Waals surface area contributed by atoms with E-state index in [1.165, 1.54) is 51.4 Å². The summed E-state index contributed by atoms with van der Waals surface area (Å²) in [5.74, 6) is 0.783. The van der Waals surface area contributed by atoms with Gasteiger partial charge in [-0.15, -0.1) is 0 Å². The van der Waals surface area contributed by atoms with Crippen molar-refractivity contribution in [2.45, 2.75) is 110 Å². The minimum atomic E-state index is 0.322. The Hall–Kier alpha value is -0.660. The Bertz CT molecular complexity index is 258. The lowest BCUT2D eigenvalue weighted by molar-refractivity contribution is -0.119. The van der Waals surface area contributed by atoms with E-state index < -0.39 is 0 Å². The Labute approximate surface area is 132 Å². The largest absolute Gasteiger partial charge is 0.300 e. The van der Waals surface area contributed by atoms with Gasteiger partial charge in [0.15, 0.2) is 0 Å². The molecule has 21 heavy (non-hydrogen) atoms. The van der Waals surface area contributed by atoms with Crippen molar-refractivity contribution in [3.63, 3.8) is 0 Å². The van der Waals surface area contributed by atoms with Crippen LogP contribution in [0.3, 0.4) is 0 Å². The van der Waals surface area contributed by atoms with Gasteiger partial charge in [0.05, 0.1) is 0 Å². The average Bonchev–Trinajstić information content (AvgIpc) is 2.45. The zero-order valence-electron chi connectivity index (χ0n) is 14.4. The van der Waals surface area contributed by atoms with Gasteiger partial charge in [0.1, 0.15) is 11.6 Å². The van der Waals surface area contributed by atoms with Crippen LogP contribution in [0.1, 0.15) is 110 Å². The average molecular weight is 296 g/mol. The molecule has 0 rings (SSSR count). The van der Waals surface area contributed by atoms with Crippen molar-refractivity contribution in [2.75, 3.05) is 0 Å². The van der Waals surface area contributed by atoms with E-state index in [0.717, 1.165) is 44.9 Å². The zero-order chi connectivity index (χ0) is 15.8. The van der Waals surface area contributed by atoms with Crippen molar-refractivity contribution in [1.29, 1.82) is 0 Å². The third kappa shape index (κ3) is 17.3. The summed E-state index contributed by atoms with van der Waals surface area (Å²) < 4.78 is 0. The summed E-state index contributed by atoms with van der Waals surface area (Å²) in [6.07, 6.45) is 17.0. The van der Waals surface area contributed by atoms with Crippen LogP contribution in [0.4, 0.5) is 0 Å². The normalized spacial score (nSPS) is 10.8. The summed E-state index contributed by atoms with van der Waals surface area (Å²) in [4.78, 5) is 22.3. The molecule has 0 N–H and O–H groups in total. The standard InChI is InChI=1S/C19H36O2/c1-3-4-16-19(21)17-14-12-10-8-6-5-7-9-11-13-15-18(2)20/h3-17H2,1-2H3. The molecule has 0 aromatic carbocycles. The minimum absolute atomic E-state index is 0.322. The molecule has 0 saturated carbocycles. The Morgan fingerprint density at radius 2 is 0.952 bits per heavy atom. The number of unbranched alkanes of at least 4 members (excludes halogenated alkanes) is 10. The number of Topliss-reactive ketones (excluding diaryl/α,β-unsaturated/α-hetero) is 2. The first-order valence-electron chi connectivity index (χ1n) is 9.18. The highest BCUT2D eigenvalue weighted by Crippen LogP contribution is 2.12. The number of hydrogen-bond donors (Lipinski definition) is 0. The summed E-state index contributed by atoms with van der Waals surface area (Å²) in [5, 5.41) is 0. The molecule has 2 heteroatoms. The third-order valence-electron chi connectivity index (χ3n) is 4.04. The first-order valence-corrected chi connectivity index (χ1v) is 9.18. The first kappa shape index (κ1) is 20.3. The number of ketones is 2. The van der Waals surface area contributed by atoms with Gasteiger partial charge in [0.25, 0.3) is 0 Å². The summed E-state index contributed by atoms with van der Waals surface area (Å²) >= 11 is 0. The Morgan fingerprint density at radius 3 is 1.38 bits per heavy atom. The third-order valence-corrected chi connectivity index (χ3v) is 4.04. The van der Waals surface area contributed by atoms with E-state index >= 15 is 0 Å². The van der Waals surface area contributed by atoms with Crippen LogP contribution in [0.5, 0.6) is 0 Å². The topological polar surface area (TPSA) is 34.1 Å². The van der Waals surface area contributed by atoms with Crippen LogP contribution in [0.2, 0.25) is 0 Å². The second-order valence-corrected chi connectivity index (χ2v) is 6.38. The van der Waals surface area contributed by atoms with Crippen LogP contribution in [-0.2, 0) is 9.59 Å². The molecule has 0 aliphatic rings. The van der Waals surface area contributed by atoms with Crippen LogP contribution in [0, 0.1) is 0 Å². The minimum Gasteiger partial charge on any atom is -0.300 e. The molecule has 0 amide bonds. The highest BCUT2D eigenvalue weighted by atomic mass is 16.1. The zero-order valence-corrected chi connectivity index (χ0v) is 14.4. The molecule has 0 unspecified atom stereocenters. The van der Waals surface area contributed by atoms with Crippen molar-refractivity contribution >= 4 is 11.6 Å². The van der Waals surface area contributed by atoms with Gasteiger partial charge >= 0.3 is 0 Å². The van der Waals surface area contributed by atoms with E-state index in [4.69, 9.17) is 0 Å². The summed E-state index contributed by atoms with van der Waals surface area (Å²) in [7, 11) is 0. The summed E-state index contributed by atoms with van der Waals surface area (Å²) in [6.45, 7) is 3.81. The molecule has 0 aliphatic heterocycles. The van der Waals surface area contributed by atoms with Crippen LogP contribution < -0.4 is 0 Å². The van der Waals surface area contributed by atoms with Crippen LogP contribution >= 0.6 is 0 Å². The van der Waals surface area contributed by atoms with Gasteiger partial charge in [-0.3, -0.25) is 4.79 Å². The van der Waals surface area contributed by atoms with Crippen molar-refractivity contribution in [3.05, 3.63) is 0 Å². The van der Waals surface area contributed by atoms with Gasteiger partial charge in [-0.25, -0.2) is 0 Å². The molecular weight excluding hydrogens is 260 g/mol. The van der Waals surface area contributed by atoms with E-state index in [1.807, 2.05) is 0 Å². The molecule has 0 saturated heterocycles. The number of rotatable bonds is 16. The molecule has 0 atom stereocenters. The fourth-order valence-corrected chi connectivity index (χ4v) is 2.61. The van der Waals surface area contributed by atoms with Gasteiger partial charge < -0.3 is 4.79 Å². The quantitative estimate of drug-likeness (QED) is 0.326. The van der Waals surface area contributed by atoms with Crippen molar-refractivity contribution in [2.24, 2.45) is 0 Å². The molecule has 0 aromatic heterocycles.